The SMILES string of the molecule is O=C(Nc1nnc(C(F)F)s1)c1cnc(OCC(F)(F)F)c(Cl)c1. The van der Waals surface area contributed by atoms with Gasteiger partial charge in [0.25, 0.3) is 12.3 Å². The Morgan fingerprint density at radius 1 is 1.38 bits per heavy atom. The Morgan fingerprint density at radius 2 is 2.08 bits per heavy atom. The Bertz CT molecular complexity index is 739. The molecule has 6 nitrogen and oxygen atoms in total. The number of nitrogens with one attached hydrogen (secondary N) is 1. The number of halogens is 6. The number of carbonyl (C=O) groups excluding carboxylic acids is 1. The number of amides is 1. The van der Waals surface area contributed by atoms with Gasteiger partial charge < -0.3 is 4.74 Å². The number of anilines is 1. The summed E-state index contributed by atoms with van der Waals surface area (Å²) in [6.07, 6.45) is -6.47. The van der Waals surface area contributed by atoms with E-state index < -0.39 is 36.0 Å². The average Bonchev–Trinajstić information content (AvgIpc) is 2.93. The molecule has 2 aromatic heterocycles. The van der Waals surface area contributed by atoms with Crippen LogP contribution in [0.4, 0.5) is 27.1 Å². The molecule has 13 heteroatoms. The van der Waals surface area contributed by atoms with E-state index in [2.05, 4.69) is 25.2 Å². The van der Waals surface area contributed by atoms with Gasteiger partial charge in [-0.15, -0.1) is 10.2 Å². The molecule has 0 aromatic carbocycles. The number of ether oxygens (including phenoxy) is 1. The van der Waals surface area contributed by atoms with Crippen LogP contribution < -0.4 is 10.1 Å². The van der Waals surface area contributed by atoms with Crippen molar-refractivity contribution >= 4 is 34.0 Å². The third kappa shape index (κ3) is 4.96. The van der Waals surface area contributed by atoms with E-state index in [9.17, 15) is 26.7 Å². The maximum atomic E-state index is 12.4. The molecule has 2 aromatic rings. The van der Waals surface area contributed by atoms with Crippen molar-refractivity contribution < 1.29 is 31.5 Å². The highest BCUT2D eigenvalue weighted by molar-refractivity contribution is 7.15. The second kappa shape index (κ2) is 7.21. The molecule has 2 heterocycles. The fourth-order valence-corrected chi connectivity index (χ4v) is 2.16. The Kier molecular flexibility index (Phi) is 5.49. The Labute approximate surface area is 139 Å². The molecule has 24 heavy (non-hydrogen) atoms. The van der Waals surface area contributed by atoms with Gasteiger partial charge in [0, 0.05) is 6.20 Å². The van der Waals surface area contributed by atoms with Crippen LogP contribution >= 0.6 is 22.9 Å². The van der Waals surface area contributed by atoms with E-state index in [1.54, 1.807) is 0 Å². The molecule has 0 saturated heterocycles. The van der Waals surface area contributed by atoms with Crippen molar-refractivity contribution in [1.82, 2.24) is 15.2 Å². The summed E-state index contributed by atoms with van der Waals surface area (Å²) in [6, 6.07) is 1.02. The molecule has 0 radical (unpaired) electrons. The lowest BCUT2D eigenvalue weighted by molar-refractivity contribution is -0.154. The van der Waals surface area contributed by atoms with Crippen molar-refractivity contribution in [2.75, 3.05) is 11.9 Å². The zero-order valence-electron chi connectivity index (χ0n) is 11.3. The van der Waals surface area contributed by atoms with Crippen LogP contribution in [0.3, 0.4) is 0 Å². The van der Waals surface area contributed by atoms with Gasteiger partial charge in [-0.05, 0) is 6.07 Å². The van der Waals surface area contributed by atoms with Crippen molar-refractivity contribution in [2.45, 2.75) is 12.6 Å². The van der Waals surface area contributed by atoms with Gasteiger partial charge in [-0.3, -0.25) is 10.1 Å². The van der Waals surface area contributed by atoms with Crippen LogP contribution in [-0.2, 0) is 0 Å². The van der Waals surface area contributed by atoms with Gasteiger partial charge in [0.2, 0.25) is 11.0 Å². The summed E-state index contributed by atoms with van der Waals surface area (Å²) in [7, 11) is 0. The Balaban J connectivity index is 2.05. The molecule has 0 fully saturated rings. The number of nitrogens with zero attached hydrogens (tertiary/aromatic N) is 3. The van der Waals surface area contributed by atoms with E-state index in [0.717, 1.165) is 12.3 Å². The van der Waals surface area contributed by atoms with Gasteiger partial charge in [-0.2, -0.15) is 13.2 Å². The lowest BCUT2D eigenvalue weighted by Crippen LogP contribution is -2.20. The number of carbonyl (C=O) groups is 1. The molecular formula is C11H6ClF5N4O2S. The van der Waals surface area contributed by atoms with Crippen LogP contribution in [0.2, 0.25) is 5.02 Å². The van der Waals surface area contributed by atoms with Crippen molar-refractivity contribution in [2.24, 2.45) is 0 Å². The number of pyridine rings is 1. The van der Waals surface area contributed by atoms with Crippen LogP contribution in [0.15, 0.2) is 12.3 Å². The number of rotatable bonds is 5. The van der Waals surface area contributed by atoms with Gasteiger partial charge in [-0.1, -0.05) is 22.9 Å². The zero-order chi connectivity index (χ0) is 17.9. The molecule has 0 saturated carbocycles. The summed E-state index contributed by atoms with van der Waals surface area (Å²) in [4.78, 5) is 15.4. The predicted molar refractivity (Wildman–Crippen MR) is 73.6 cm³/mol. The molecule has 0 aliphatic carbocycles. The molecule has 0 spiro atoms. The number of hydrogen-bond acceptors (Lipinski definition) is 6. The van der Waals surface area contributed by atoms with Crippen LogP contribution in [0.25, 0.3) is 0 Å². The predicted octanol–water partition coefficient (Wildman–Crippen LogP) is 3.72. The summed E-state index contributed by atoms with van der Waals surface area (Å²) < 4.78 is 65.3. The minimum atomic E-state index is -4.57. The minimum absolute atomic E-state index is 0.131. The minimum Gasteiger partial charge on any atom is -0.467 e. The van der Waals surface area contributed by atoms with E-state index in [1.165, 1.54) is 0 Å². The fraction of sp³-hybridized carbons (Fsp3) is 0.273. The molecule has 0 unspecified atom stereocenters. The molecule has 1 amide bonds. The molecule has 1 N–H and O–H groups in total. The van der Waals surface area contributed by atoms with Gasteiger partial charge in [0.1, 0.15) is 5.02 Å². The fourth-order valence-electron chi connectivity index (χ4n) is 1.35. The first-order valence-corrected chi connectivity index (χ1v) is 7.13. The summed E-state index contributed by atoms with van der Waals surface area (Å²) in [5, 5.41) is 7.65. The largest absolute Gasteiger partial charge is 0.467 e. The van der Waals surface area contributed by atoms with Crippen molar-refractivity contribution in [1.29, 1.82) is 0 Å². The summed E-state index contributed by atoms with van der Waals surface area (Å²) in [5.41, 5.74) is -0.131. The van der Waals surface area contributed by atoms with Gasteiger partial charge in [0.15, 0.2) is 11.6 Å². The van der Waals surface area contributed by atoms with Crippen molar-refractivity contribution in [3.63, 3.8) is 0 Å². The second-order valence-electron chi connectivity index (χ2n) is 4.12. The summed E-state index contributed by atoms with van der Waals surface area (Å²) in [6.45, 7) is -1.59. The van der Waals surface area contributed by atoms with Crippen LogP contribution in [-0.4, -0.2) is 33.9 Å². The molecule has 130 valence electrons. The van der Waals surface area contributed by atoms with Gasteiger partial charge >= 0.3 is 6.18 Å². The van der Waals surface area contributed by atoms with Crippen LogP contribution in [0.5, 0.6) is 5.88 Å². The molecule has 0 bridgehead atoms. The third-order valence-corrected chi connectivity index (χ3v) is 3.41. The van der Waals surface area contributed by atoms with E-state index in [4.69, 9.17) is 11.6 Å². The highest BCUT2D eigenvalue weighted by atomic mass is 35.5. The first kappa shape index (κ1) is 18.3. The summed E-state index contributed by atoms with van der Waals surface area (Å²) >= 11 is 6.17. The van der Waals surface area contributed by atoms with E-state index in [-0.39, 0.29) is 15.7 Å². The molecule has 2 rings (SSSR count). The Morgan fingerprint density at radius 3 is 2.62 bits per heavy atom. The number of hydrogen-bond donors (Lipinski definition) is 1. The topological polar surface area (TPSA) is 77.0 Å². The van der Waals surface area contributed by atoms with Crippen LogP contribution in [0, 0.1) is 0 Å². The number of alkyl halides is 5. The molecule has 0 aliphatic heterocycles. The first-order chi connectivity index (χ1) is 11.2. The third-order valence-electron chi connectivity index (χ3n) is 2.29. The first-order valence-electron chi connectivity index (χ1n) is 5.93. The van der Waals surface area contributed by atoms with Gasteiger partial charge in [0.05, 0.1) is 5.56 Å². The normalized spacial score (nSPS) is 11.6. The van der Waals surface area contributed by atoms with Crippen molar-refractivity contribution in [3.05, 3.63) is 27.9 Å². The maximum absolute atomic E-state index is 12.4. The van der Waals surface area contributed by atoms with E-state index in [1.807, 2.05) is 0 Å². The maximum Gasteiger partial charge on any atom is 0.422 e. The lowest BCUT2D eigenvalue weighted by Gasteiger charge is -2.10. The van der Waals surface area contributed by atoms with E-state index in [0.29, 0.717) is 11.3 Å². The summed E-state index contributed by atoms with van der Waals surface area (Å²) in [5.74, 6) is -1.30. The molecule has 0 aliphatic rings. The van der Waals surface area contributed by atoms with Gasteiger partial charge in [-0.25, -0.2) is 13.8 Å². The van der Waals surface area contributed by atoms with E-state index >= 15 is 0 Å². The average molecular weight is 389 g/mol. The van der Waals surface area contributed by atoms with Crippen molar-refractivity contribution in [3.8, 4) is 5.88 Å². The quantitative estimate of drug-likeness (QED) is 0.790. The highest BCUT2D eigenvalue weighted by Gasteiger charge is 2.29. The smallest absolute Gasteiger partial charge is 0.422 e. The monoisotopic (exact) mass is 388 g/mol. The van der Waals surface area contributed by atoms with Crippen LogP contribution in [0.1, 0.15) is 21.8 Å². The Hall–Kier alpha value is -2.08. The molecular weight excluding hydrogens is 383 g/mol. The second-order valence-corrected chi connectivity index (χ2v) is 5.53. The molecule has 0 atom stereocenters. The standard InChI is InChI=1S/C11H6ClF5N4O2S/c12-5-1-4(2-18-8(5)23-3-11(15,16)17)7(22)19-10-21-20-9(24-10)6(13)14/h1-2,6H,3H2,(H,19,21,22). The zero-order valence-corrected chi connectivity index (χ0v) is 12.8. The lowest BCUT2D eigenvalue weighted by atomic mass is 10.2. The number of aromatic nitrogens is 3. The highest BCUT2D eigenvalue weighted by Crippen LogP contribution is 2.27.